The van der Waals surface area contributed by atoms with Gasteiger partial charge in [-0.25, -0.2) is 5.10 Å². The third kappa shape index (κ3) is 3.76. The number of nitrogens with one attached hydrogen (secondary N) is 2. The Morgan fingerprint density at radius 1 is 1.53 bits per heavy atom. The van der Waals surface area contributed by atoms with Gasteiger partial charge in [0.25, 0.3) is 11.5 Å². The summed E-state index contributed by atoms with van der Waals surface area (Å²) < 4.78 is 0. The van der Waals surface area contributed by atoms with Gasteiger partial charge < -0.3 is 5.32 Å². The topological polar surface area (TPSA) is 74.8 Å². The molecule has 0 aliphatic heterocycles. The lowest BCUT2D eigenvalue weighted by Crippen LogP contribution is -2.25. The van der Waals surface area contributed by atoms with Crippen LogP contribution in [0.5, 0.6) is 0 Å². The Hall–Kier alpha value is -1.91. The molecule has 0 radical (unpaired) electrons. The minimum Gasteiger partial charge on any atom is -0.347 e. The van der Waals surface area contributed by atoms with E-state index in [1.54, 1.807) is 0 Å². The van der Waals surface area contributed by atoms with Crippen molar-refractivity contribution in [2.75, 3.05) is 6.54 Å². The van der Waals surface area contributed by atoms with E-state index in [1.807, 2.05) is 19.9 Å². The maximum Gasteiger partial charge on any atom is 0.271 e. The Morgan fingerprint density at radius 3 is 2.80 bits per heavy atom. The first-order chi connectivity index (χ1) is 7.09. The molecular formula is C10H13N3O2. The summed E-state index contributed by atoms with van der Waals surface area (Å²) in [5, 5.41) is 8.45. The van der Waals surface area contributed by atoms with Gasteiger partial charge in [-0.05, 0) is 19.9 Å². The molecule has 15 heavy (non-hydrogen) atoms. The van der Waals surface area contributed by atoms with Crippen molar-refractivity contribution < 1.29 is 4.79 Å². The van der Waals surface area contributed by atoms with Crippen molar-refractivity contribution in [3.8, 4) is 0 Å². The molecule has 0 fully saturated rings. The molecule has 0 spiro atoms. The van der Waals surface area contributed by atoms with Gasteiger partial charge in [0.1, 0.15) is 5.69 Å². The summed E-state index contributed by atoms with van der Waals surface area (Å²) in [5.74, 6) is -0.302. The van der Waals surface area contributed by atoms with Crippen LogP contribution in [0.1, 0.15) is 24.3 Å². The Balaban J connectivity index is 2.58. The van der Waals surface area contributed by atoms with Crippen LogP contribution in [0.2, 0.25) is 0 Å². The molecule has 0 atom stereocenters. The first-order valence-electron chi connectivity index (χ1n) is 4.57. The molecule has 0 aromatic carbocycles. The maximum absolute atomic E-state index is 11.4. The van der Waals surface area contributed by atoms with E-state index in [4.69, 9.17) is 0 Å². The number of rotatable bonds is 3. The SMILES string of the molecule is CC(C)=CCNC(=O)c1ccc(=O)[nH]n1. The van der Waals surface area contributed by atoms with E-state index < -0.39 is 0 Å². The van der Waals surface area contributed by atoms with Crippen molar-refractivity contribution in [3.63, 3.8) is 0 Å². The average Bonchev–Trinajstić information content (AvgIpc) is 2.18. The molecule has 0 aliphatic rings. The maximum atomic E-state index is 11.4. The Kier molecular flexibility index (Phi) is 3.79. The number of H-pyrrole nitrogens is 1. The highest BCUT2D eigenvalue weighted by atomic mass is 16.2. The molecule has 80 valence electrons. The number of hydrogen-bond donors (Lipinski definition) is 2. The second-order valence-corrected chi connectivity index (χ2v) is 3.30. The van der Waals surface area contributed by atoms with Gasteiger partial charge in [0.15, 0.2) is 0 Å². The fraction of sp³-hybridized carbons (Fsp3) is 0.300. The molecule has 0 saturated carbocycles. The normalized spacial score (nSPS) is 9.47. The molecule has 0 bridgehead atoms. The van der Waals surface area contributed by atoms with Gasteiger partial charge in [0.2, 0.25) is 0 Å². The third-order valence-electron chi connectivity index (χ3n) is 1.68. The van der Waals surface area contributed by atoms with Crippen LogP contribution in [0.25, 0.3) is 0 Å². The molecule has 1 rings (SSSR count). The first kappa shape index (κ1) is 11.2. The Morgan fingerprint density at radius 2 is 2.27 bits per heavy atom. The van der Waals surface area contributed by atoms with E-state index in [2.05, 4.69) is 15.5 Å². The van der Waals surface area contributed by atoms with Crippen LogP contribution in [0.15, 0.2) is 28.6 Å². The van der Waals surface area contributed by atoms with Gasteiger partial charge in [-0.1, -0.05) is 11.6 Å². The van der Waals surface area contributed by atoms with E-state index in [1.165, 1.54) is 12.1 Å². The highest BCUT2D eigenvalue weighted by Crippen LogP contribution is 1.89. The summed E-state index contributed by atoms with van der Waals surface area (Å²) in [6.07, 6.45) is 1.89. The lowest BCUT2D eigenvalue weighted by molar-refractivity contribution is 0.0952. The second kappa shape index (κ2) is 5.09. The van der Waals surface area contributed by atoms with Crippen molar-refractivity contribution in [2.45, 2.75) is 13.8 Å². The highest BCUT2D eigenvalue weighted by molar-refractivity contribution is 5.92. The third-order valence-corrected chi connectivity index (χ3v) is 1.68. The zero-order valence-corrected chi connectivity index (χ0v) is 8.70. The van der Waals surface area contributed by atoms with Gasteiger partial charge in [0, 0.05) is 12.6 Å². The number of allylic oxidation sites excluding steroid dienone is 1. The molecule has 0 saturated heterocycles. The summed E-state index contributed by atoms with van der Waals surface area (Å²) in [6, 6.07) is 2.65. The predicted octanol–water partition coefficient (Wildman–Crippen LogP) is 0.466. The number of aromatic nitrogens is 2. The zero-order valence-electron chi connectivity index (χ0n) is 8.70. The average molecular weight is 207 g/mol. The van der Waals surface area contributed by atoms with Gasteiger partial charge in [-0.3, -0.25) is 9.59 Å². The summed E-state index contributed by atoms with van der Waals surface area (Å²) in [6.45, 7) is 4.36. The van der Waals surface area contributed by atoms with Crippen LogP contribution < -0.4 is 10.9 Å². The lowest BCUT2D eigenvalue weighted by atomic mass is 10.3. The minimum absolute atomic E-state index is 0.205. The van der Waals surface area contributed by atoms with E-state index in [9.17, 15) is 9.59 Å². The second-order valence-electron chi connectivity index (χ2n) is 3.30. The molecule has 5 nitrogen and oxygen atoms in total. The molecule has 1 heterocycles. The molecule has 1 amide bonds. The minimum atomic E-state index is -0.323. The molecule has 5 heteroatoms. The summed E-state index contributed by atoms with van der Waals surface area (Å²) in [5.41, 5.74) is 1.01. The van der Waals surface area contributed by atoms with E-state index in [0.717, 1.165) is 5.57 Å². The largest absolute Gasteiger partial charge is 0.347 e. The number of aromatic amines is 1. The monoisotopic (exact) mass is 207 g/mol. The van der Waals surface area contributed by atoms with Crippen molar-refractivity contribution in [1.82, 2.24) is 15.5 Å². The van der Waals surface area contributed by atoms with Crippen molar-refractivity contribution in [1.29, 1.82) is 0 Å². The number of carbonyl (C=O) groups excluding carboxylic acids is 1. The Labute approximate surface area is 87.2 Å². The van der Waals surface area contributed by atoms with Gasteiger partial charge in [-0.15, -0.1) is 0 Å². The van der Waals surface area contributed by atoms with Crippen LogP contribution in [0, 0.1) is 0 Å². The molecule has 2 N–H and O–H groups in total. The lowest BCUT2D eigenvalue weighted by Gasteiger charge is -2.00. The summed E-state index contributed by atoms with van der Waals surface area (Å²) in [4.78, 5) is 22.1. The smallest absolute Gasteiger partial charge is 0.271 e. The van der Waals surface area contributed by atoms with Gasteiger partial charge >= 0.3 is 0 Å². The van der Waals surface area contributed by atoms with E-state index in [0.29, 0.717) is 6.54 Å². The van der Waals surface area contributed by atoms with Crippen LogP contribution in [-0.4, -0.2) is 22.6 Å². The fourth-order valence-electron chi connectivity index (χ4n) is 0.909. The van der Waals surface area contributed by atoms with Gasteiger partial charge in [0.05, 0.1) is 0 Å². The quantitative estimate of drug-likeness (QED) is 0.707. The number of nitrogens with zero attached hydrogens (tertiary/aromatic N) is 1. The molecule has 0 aliphatic carbocycles. The summed E-state index contributed by atoms with van der Waals surface area (Å²) >= 11 is 0. The fourth-order valence-corrected chi connectivity index (χ4v) is 0.909. The van der Waals surface area contributed by atoms with Crippen molar-refractivity contribution >= 4 is 5.91 Å². The number of carbonyl (C=O) groups is 1. The van der Waals surface area contributed by atoms with Gasteiger partial charge in [-0.2, -0.15) is 5.10 Å². The number of hydrogen-bond acceptors (Lipinski definition) is 3. The van der Waals surface area contributed by atoms with Crippen molar-refractivity contribution in [2.24, 2.45) is 0 Å². The van der Waals surface area contributed by atoms with Crippen LogP contribution in [0.3, 0.4) is 0 Å². The summed E-state index contributed by atoms with van der Waals surface area (Å²) in [7, 11) is 0. The van der Waals surface area contributed by atoms with E-state index >= 15 is 0 Å². The first-order valence-corrected chi connectivity index (χ1v) is 4.57. The Bertz CT molecular complexity index is 410. The molecule has 0 unspecified atom stereocenters. The van der Waals surface area contributed by atoms with Crippen LogP contribution in [-0.2, 0) is 0 Å². The highest BCUT2D eigenvalue weighted by Gasteiger charge is 2.04. The van der Waals surface area contributed by atoms with Crippen molar-refractivity contribution in [3.05, 3.63) is 39.8 Å². The predicted molar refractivity (Wildman–Crippen MR) is 56.6 cm³/mol. The van der Waals surface area contributed by atoms with Crippen LogP contribution in [0.4, 0.5) is 0 Å². The molecular weight excluding hydrogens is 194 g/mol. The standard InChI is InChI=1S/C10H13N3O2/c1-7(2)5-6-11-10(15)8-3-4-9(14)13-12-8/h3-5H,6H2,1-2H3,(H,11,15)(H,13,14). The zero-order chi connectivity index (χ0) is 11.3. The van der Waals surface area contributed by atoms with Crippen LogP contribution >= 0.6 is 0 Å². The van der Waals surface area contributed by atoms with E-state index in [-0.39, 0.29) is 17.2 Å². The molecule has 1 aromatic rings. The number of amides is 1. The molecule has 1 aromatic heterocycles.